The first-order valence-electron chi connectivity index (χ1n) is 9.99. The van der Waals surface area contributed by atoms with Gasteiger partial charge in [-0.2, -0.15) is 17.9 Å². The Morgan fingerprint density at radius 2 is 1.91 bits per heavy atom. The number of hydrogen-bond donors (Lipinski definition) is 2. The molecule has 1 saturated heterocycles. The number of alkyl halides is 3. The van der Waals surface area contributed by atoms with Crippen molar-refractivity contribution < 1.29 is 17.9 Å². The van der Waals surface area contributed by atoms with Gasteiger partial charge in [0.15, 0.2) is 0 Å². The van der Waals surface area contributed by atoms with Gasteiger partial charge in [0.25, 0.3) is 5.82 Å². The van der Waals surface area contributed by atoms with E-state index in [0.29, 0.717) is 22.9 Å². The molecule has 1 aliphatic heterocycles. The number of ether oxygens (including phenoxy) is 1. The number of rotatable bonds is 6. The molecule has 0 amide bonds. The molecule has 33 heavy (non-hydrogen) atoms. The smallest absolute Gasteiger partial charge is 0.453 e. The fourth-order valence-electron chi connectivity index (χ4n) is 3.97. The van der Waals surface area contributed by atoms with Crippen molar-refractivity contribution in [2.45, 2.75) is 31.1 Å². The van der Waals surface area contributed by atoms with Crippen LogP contribution < -0.4 is 15.4 Å². The van der Waals surface area contributed by atoms with Crippen molar-refractivity contribution in [2.24, 2.45) is 0 Å². The van der Waals surface area contributed by atoms with Gasteiger partial charge in [-0.25, -0.2) is 0 Å². The van der Waals surface area contributed by atoms with Crippen LogP contribution in [0, 0.1) is 0 Å². The Bertz CT molecular complexity index is 1020. The predicted octanol–water partition coefficient (Wildman–Crippen LogP) is 3.77. The van der Waals surface area contributed by atoms with E-state index >= 15 is 0 Å². The van der Waals surface area contributed by atoms with Crippen molar-refractivity contribution in [1.29, 1.82) is 0 Å². The molecule has 0 unspecified atom stereocenters. The maximum atomic E-state index is 13.2. The minimum absolute atomic E-state index is 0. The lowest BCUT2D eigenvalue weighted by Gasteiger charge is -2.33. The fourth-order valence-corrected chi connectivity index (χ4v) is 3.97. The highest BCUT2D eigenvalue weighted by atomic mass is 35.5. The molecule has 1 fully saturated rings. The van der Waals surface area contributed by atoms with Crippen molar-refractivity contribution in [3.8, 4) is 11.4 Å². The Morgan fingerprint density at radius 3 is 2.61 bits per heavy atom. The van der Waals surface area contributed by atoms with Crippen LogP contribution in [0.1, 0.15) is 29.3 Å². The average Bonchev–Trinajstić information content (AvgIpc) is 3.29. The molecular weight excluding hydrogens is 480 g/mol. The van der Waals surface area contributed by atoms with Crippen LogP contribution in [0.5, 0.6) is 5.75 Å². The van der Waals surface area contributed by atoms with E-state index in [9.17, 15) is 13.2 Å². The van der Waals surface area contributed by atoms with Crippen LogP contribution in [0.25, 0.3) is 5.69 Å². The lowest BCUT2D eigenvalue weighted by Crippen LogP contribution is -2.45. The molecule has 1 aromatic heterocycles. The van der Waals surface area contributed by atoms with Gasteiger partial charge < -0.3 is 15.4 Å². The number of piperidine rings is 1. The van der Waals surface area contributed by atoms with Gasteiger partial charge in [-0.1, -0.05) is 30.3 Å². The highest BCUT2D eigenvalue weighted by molar-refractivity contribution is 5.85. The highest BCUT2D eigenvalue weighted by Crippen LogP contribution is 2.30. The van der Waals surface area contributed by atoms with E-state index in [4.69, 9.17) is 4.74 Å². The molecule has 2 heterocycles. The van der Waals surface area contributed by atoms with E-state index in [1.165, 1.54) is 18.7 Å². The number of halogens is 5. The van der Waals surface area contributed by atoms with Crippen LogP contribution in [0.2, 0.25) is 0 Å². The molecule has 2 aromatic carbocycles. The summed E-state index contributed by atoms with van der Waals surface area (Å²) in [6, 6.07) is 15.2. The number of benzene rings is 2. The fraction of sp³-hybridized carbons (Fsp3) is 0.381. The highest BCUT2D eigenvalue weighted by Gasteiger charge is 2.38. The maximum absolute atomic E-state index is 13.2. The summed E-state index contributed by atoms with van der Waals surface area (Å²) >= 11 is 0. The predicted molar refractivity (Wildman–Crippen MR) is 123 cm³/mol. The van der Waals surface area contributed by atoms with E-state index in [2.05, 4.69) is 38.3 Å². The monoisotopic (exact) mass is 504 g/mol. The molecule has 0 bridgehead atoms. The summed E-state index contributed by atoms with van der Waals surface area (Å²) in [4.78, 5) is 0. The Balaban J connectivity index is 0.00000193. The second-order valence-electron chi connectivity index (χ2n) is 7.41. The first-order chi connectivity index (χ1) is 15.0. The van der Waals surface area contributed by atoms with E-state index in [0.717, 1.165) is 25.1 Å². The van der Waals surface area contributed by atoms with Gasteiger partial charge in [-0.3, -0.25) is 0 Å². The van der Waals surface area contributed by atoms with E-state index in [-0.39, 0.29) is 36.5 Å². The minimum Gasteiger partial charge on any atom is -0.496 e. The summed E-state index contributed by atoms with van der Waals surface area (Å²) in [5.41, 5.74) is 2.20. The average molecular weight is 505 g/mol. The van der Waals surface area contributed by atoms with Crippen molar-refractivity contribution in [3.05, 3.63) is 65.5 Å². The van der Waals surface area contributed by atoms with Crippen LogP contribution in [-0.4, -0.2) is 46.4 Å². The first-order valence-corrected chi connectivity index (χ1v) is 9.99. The first kappa shape index (κ1) is 26.8. The zero-order valence-electron chi connectivity index (χ0n) is 17.7. The number of hydrogen-bond acceptors (Lipinski definition) is 6. The molecule has 1 aliphatic rings. The summed E-state index contributed by atoms with van der Waals surface area (Å²) in [5, 5.41) is 16.8. The standard InChI is InChI=1S/C21H23F3N6O.2ClH/c1-31-19-8-7-16(30-20(21(22,23)24)27-28-29-30)11-15(19)12-26-18-9-10-25-13-17(18)14-5-3-2-4-6-14;;/h2-8,11,17-18,25-26H,9-10,12-13H2,1H3;2*1H/t17-,18-;;/m0../s1. The summed E-state index contributed by atoms with van der Waals surface area (Å²) < 4.78 is 45.7. The minimum atomic E-state index is -4.65. The molecule has 3 aromatic rings. The molecule has 0 spiro atoms. The Kier molecular flexibility index (Phi) is 9.47. The second-order valence-corrected chi connectivity index (χ2v) is 7.41. The Hall–Kier alpha value is -2.40. The van der Waals surface area contributed by atoms with Crippen molar-refractivity contribution in [1.82, 2.24) is 30.8 Å². The van der Waals surface area contributed by atoms with Crippen LogP contribution >= 0.6 is 24.8 Å². The molecule has 2 N–H and O–H groups in total. The summed E-state index contributed by atoms with van der Waals surface area (Å²) in [6.45, 7) is 2.20. The molecule has 0 saturated carbocycles. The van der Waals surface area contributed by atoms with Gasteiger partial charge in [0.2, 0.25) is 0 Å². The second kappa shape index (κ2) is 11.6. The zero-order chi connectivity index (χ0) is 21.8. The largest absolute Gasteiger partial charge is 0.496 e. The third-order valence-electron chi connectivity index (χ3n) is 5.50. The molecule has 180 valence electrons. The van der Waals surface area contributed by atoms with Crippen LogP contribution in [0.15, 0.2) is 48.5 Å². The third kappa shape index (κ3) is 6.14. The molecule has 0 aliphatic carbocycles. The van der Waals surface area contributed by atoms with Crippen molar-refractivity contribution in [2.75, 3.05) is 20.2 Å². The Morgan fingerprint density at radius 1 is 1.15 bits per heavy atom. The Labute approximate surface area is 201 Å². The van der Waals surface area contributed by atoms with Crippen molar-refractivity contribution in [3.63, 3.8) is 0 Å². The zero-order valence-corrected chi connectivity index (χ0v) is 19.4. The number of nitrogens with one attached hydrogen (secondary N) is 2. The number of methoxy groups -OCH3 is 1. The van der Waals surface area contributed by atoms with Crippen LogP contribution in [0.3, 0.4) is 0 Å². The number of aromatic nitrogens is 4. The third-order valence-corrected chi connectivity index (χ3v) is 5.50. The van der Waals surface area contributed by atoms with Gasteiger partial charge in [-0.15, -0.1) is 29.9 Å². The SMILES string of the molecule is COc1ccc(-n2nnnc2C(F)(F)F)cc1CN[C@H]1CCNC[C@H]1c1ccccc1.Cl.Cl. The normalized spacial score (nSPS) is 18.2. The molecule has 0 radical (unpaired) electrons. The van der Waals surface area contributed by atoms with Gasteiger partial charge in [-0.05, 0) is 47.2 Å². The topological polar surface area (TPSA) is 76.9 Å². The van der Waals surface area contributed by atoms with Gasteiger partial charge in [0.1, 0.15) is 5.75 Å². The van der Waals surface area contributed by atoms with Crippen molar-refractivity contribution >= 4 is 24.8 Å². The quantitative estimate of drug-likeness (QED) is 0.532. The maximum Gasteiger partial charge on any atom is 0.453 e. The molecule has 7 nitrogen and oxygen atoms in total. The number of tetrazole rings is 1. The lowest BCUT2D eigenvalue weighted by atomic mass is 9.87. The summed E-state index contributed by atoms with van der Waals surface area (Å²) in [7, 11) is 1.54. The molecule has 2 atom stereocenters. The van der Waals surface area contributed by atoms with Crippen LogP contribution in [0.4, 0.5) is 13.2 Å². The molecular formula is C21H25Cl2F3N6O. The molecule has 12 heteroatoms. The lowest BCUT2D eigenvalue weighted by molar-refractivity contribution is -0.146. The molecule has 4 rings (SSSR count). The van der Waals surface area contributed by atoms with Gasteiger partial charge in [0, 0.05) is 30.6 Å². The summed E-state index contributed by atoms with van der Waals surface area (Å²) in [6.07, 6.45) is -3.72. The van der Waals surface area contributed by atoms with Gasteiger partial charge in [0.05, 0.1) is 12.8 Å². The number of nitrogens with zero attached hydrogens (tertiary/aromatic N) is 4. The van der Waals surface area contributed by atoms with Crippen LogP contribution in [-0.2, 0) is 12.7 Å². The summed E-state index contributed by atoms with van der Waals surface area (Å²) in [5.74, 6) is -0.289. The van der Waals surface area contributed by atoms with E-state index in [1.807, 2.05) is 18.2 Å². The van der Waals surface area contributed by atoms with Gasteiger partial charge >= 0.3 is 6.18 Å². The van der Waals surface area contributed by atoms with E-state index < -0.39 is 12.0 Å². The van der Waals surface area contributed by atoms with E-state index in [1.54, 1.807) is 12.1 Å².